The summed E-state index contributed by atoms with van der Waals surface area (Å²) in [6.07, 6.45) is 2.58. The van der Waals surface area contributed by atoms with E-state index < -0.39 is 23.4 Å². The molecule has 2 aromatic rings. The summed E-state index contributed by atoms with van der Waals surface area (Å²) < 4.78 is 15.5. The summed E-state index contributed by atoms with van der Waals surface area (Å²) in [5.41, 5.74) is 1.14. The first kappa shape index (κ1) is 21.6. The third-order valence-corrected chi connectivity index (χ3v) is 6.04. The molecular weight excluding hydrogens is 412 g/mol. The number of methoxy groups -OCH3 is 2. The van der Waals surface area contributed by atoms with Gasteiger partial charge in [-0.2, -0.15) is 0 Å². The zero-order valence-corrected chi connectivity index (χ0v) is 17.7. The number of nitro groups is 1. The van der Waals surface area contributed by atoms with Gasteiger partial charge in [-0.3, -0.25) is 14.9 Å². The van der Waals surface area contributed by atoms with Crippen LogP contribution in [-0.4, -0.2) is 37.6 Å². The zero-order valence-electron chi connectivity index (χ0n) is 16.9. The van der Waals surface area contributed by atoms with E-state index in [0.29, 0.717) is 16.5 Å². The van der Waals surface area contributed by atoms with Crippen molar-refractivity contribution in [3.05, 3.63) is 44.3 Å². The Balaban J connectivity index is 1.76. The highest BCUT2D eigenvalue weighted by atomic mass is 32.1. The van der Waals surface area contributed by atoms with Gasteiger partial charge in [0, 0.05) is 10.9 Å². The molecular formula is C20H22N2O7S. The fourth-order valence-corrected chi connectivity index (χ4v) is 4.77. The molecule has 1 heterocycles. The number of carbonyl (C=O) groups excluding carboxylic acids is 2. The molecule has 160 valence electrons. The Kier molecular flexibility index (Phi) is 6.56. The van der Waals surface area contributed by atoms with Gasteiger partial charge in [0.1, 0.15) is 5.00 Å². The predicted octanol–water partition coefficient (Wildman–Crippen LogP) is 3.59. The molecule has 1 aromatic heterocycles. The molecule has 0 aliphatic heterocycles. The lowest BCUT2D eigenvalue weighted by molar-refractivity contribution is -0.385. The van der Waals surface area contributed by atoms with Gasteiger partial charge in [-0.15, -0.1) is 11.3 Å². The van der Waals surface area contributed by atoms with E-state index in [-0.39, 0.29) is 17.2 Å². The zero-order chi connectivity index (χ0) is 21.8. The van der Waals surface area contributed by atoms with Gasteiger partial charge < -0.3 is 19.5 Å². The lowest BCUT2D eigenvalue weighted by Gasteiger charge is -2.18. The molecule has 1 unspecified atom stereocenters. The summed E-state index contributed by atoms with van der Waals surface area (Å²) in [5.74, 6) is -0.132. The van der Waals surface area contributed by atoms with E-state index in [0.717, 1.165) is 29.7 Å². The smallest absolute Gasteiger partial charge is 0.341 e. The van der Waals surface area contributed by atoms with Gasteiger partial charge in [0.05, 0.1) is 30.8 Å². The van der Waals surface area contributed by atoms with Crippen LogP contribution in [0.15, 0.2) is 18.2 Å². The summed E-state index contributed by atoms with van der Waals surface area (Å²) in [6, 6.07) is 3.87. The first-order valence-electron chi connectivity index (χ1n) is 9.32. The average Bonchev–Trinajstić information content (AvgIpc) is 3.07. The predicted molar refractivity (Wildman–Crippen MR) is 111 cm³/mol. The van der Waals surface area contributed by atoms with E-state index in [4.69, 9.17) is 14.2 Å². The maximum absolute atomic E-state index is 12.5. The number of amides is 1. The number of hydrogen-bond acceptors (Lipinski definition) is 8. The van der Waals surface area contributed by atoms with Crippen molar-refractivity contribution in [2.24, 2.45) is 5.92 Å². The van der Waals surface area contributed by atoms with Crippen LogP contribution in [0.1, 0.15) is 34.1 Å². The monoisotopic (exact) mass is 434 g/mol. The van der Waals surface area contributed by atoms with E-state index in [1.807, 2.05) is 0 Å². The lowest BCUT2D eigenvalue weighted by Crippen LogP contribution is -2.21. The van der Waals surface area contributed by atoms with Crippen LogP contribution in [0.2, 0.25) is 0 Å². The number of nitrogens with zero attached hydrogens (tertiary/aromatic N) is 1. The Labute approximate surface area is 177 Å². The van der Waals surface area contributed by atoms with E-state index in [1.165, 1.54) is 43.8 Å². The van der Waals surface area contributed by atoms with Crippen LogP contribution in [0.5, 0.6) is 11.5 Å². The summed E-state index contributed by atoms with van der Waals surface area (Å²) in [4.78, 5) is 36.3. The first-order valence-corrected chi connectivity index (χ1v) is 10.1. The van der Waals surface area contributed by atoms with E-state index >= 15 is 0 Å². The van der Waals surface area contributed by atoms with E-state index in [9.17, 15) is 19.7 Å². The Hall–Kier alpha value is -3.14. The fourth-order valence-electron chi connectivity index (χ4n) is 3.35. The summed E-state index contributed by atoms with van der Waals surface area (Å²) in [7, 11) is 2.70. The fraction of sp³-hybridized carbons (Fsp3) is 0.400. The lowest BCUT2D eigenvalue weighted by atomic mass is 9.88. The topological polar surface area (TPSA) is 117 Å². The number of carbonyl (C=O) groups is 2. The number of nitro benzene ring substituents is 1. The van der Waals surface area contributed by atoms with Crippen LogP contribution >= 0.6 is 11.3 Å². The molecule has 10 heteroatoms. The number of esters is 1. The standard InChI is InChI=1S/C20H22N2O7S/c1-11-4-6-13-16(8-11)30-19(18(13)20(24)28-3)21-17(23)10-29-15-9-12(22(25)26)5-7-14(15)27-2/h5,7,9,11H,4,6,8,10H2,1-3H3,(H,21,23). The minimum Gasteiger partial charge on any atom is -0.493 e. The Morgan fingerprint density at radius 3 is 2.73 bits per heavy atom. The number of rotatable bonds is 7. The second kappa shape index (κ2) is 9.12. The van der Waals surface area contributed by atoms with Crippen LogP contribution in [0.3, 0.4) is 0 Å². The van der Waals surface area contributed by atoms with Crippen molar-refractivity contribution in [1.29, 1.82) is 0 Å². The number of ether oxygens (including phenoxy) is 3. The number of non-ortho nitro benzene ring substituents is 1. The van der Waals surface area contributed by atoms with Gasteiger partial charge in [-0.1, -0.05) is 6.92 Å². The number of thiophene rings is 1. The molecule has 0 radical (unpaired) electrons. The maximum atomic E-state index is 12.5. The number of anilines is 1. The molecule has 9 nitrogen and oxygen atoms in total. The van der Waals surface area contributed by atoms with E-state index in [2.05, 4.69) is 12.2 Å². The van der Waals surface area contributed by atoms with Crippen molar-refractivity contribution in [3.63, 3.8) is 0 Å². The first-order chi connectivity index (χ1) is 14.3. The quantitative estimate of drug-likeness (QED) is 0.402. The molecule has 0 fully saturated rings. The molecule has 0 saturated carbocycles. The third-order valence-electron chi connectivity index (χ3n) is 4.87. The summed E-state index contributed by atoms with van der Waals surface area (Å²) in [5, 5.41) is 14.1. The van der Waals surface area contributed by atoms with Crippen LogP contribution < -0.4 is 14.8 Å². The van der Waals surface area contributed by atoms with Crippen LogP contribution in [-0.2, 0) is 22.4 Å². The van der Waals surface area contributed by atoms with Crippen LogP contribution in [0.25, 0.3) is 0 Å². The third kappa shape index (κ3) is 4.54. The van der Waals surface area contributed by atoms with Gasteiger partial charge in [-0.05, 0) is 36.8 Å². The second-order valence-corrected chi connectivity index (χ2v) is 8.08. The highest BCUT2D eigenvalue weighted by Gasteiger charge is 2.29. The van der Waals surface area contributed by atoms with Gasteiger partial charge in [0.25, 0.3) is 11.6 Å². The van der Waals surface area contributed by atoms with Crippen molar-refractivity contribution in [3.8, 4) is 11.5 Å². The maximum Gasteiger partial charge on any atom is 0.341 e. The highest BCUT2D eigenvalue weighted by Crippen LogP contribution is 2.40. The molecule has 0 spiro atoms. The number of hydrogen-bond donors (Lipinski definition) is 1. The molecule has 1 aromatic carbocycles. The number of fused-ring (bicyclic) bond motifs is 1. The van der Waals surface area contributed by atoms with Crippen molar-refractivity contribution >= 4 is 33.9 Å². The van der Waals surface area contributed by atoms with Gasteiger partial charge in [0.2, 0.25) is 0 Å². The largest absolute Gasteiger partial charge is 0.493 e. The SMILES string of the molecule is COC(=O)c1c(NC(=O)COc2cc([N+](=O)[O-])ccc2OC)sc2c1CCC(C)C2. The van der Waals surface area contributed by atoms with Crippen molar-refractivity contribution < 1.29 is 28.7 Å². The molecule has 0 saturated heterocycles. The second-order valence-electron chi connectivity index (χ2n) is 6.98. The van der Waals surface area contributed by atoms with Crippen LogP contribution in [0, 0.1) is 16.0 Å². The van der Waals surface area contributed by atoms with Gasteiger partial charge in [-0.25, -0.2) is 4.79 Å². The van der Waals surface area contributed by atoms with Gasteiger partial charge in [0.15, 0.2) is 18.1 Å². The molecule has 3 rings (SSSR count). The van der Waals surface area contributed by atoms with Crippen molar-refractivity contribution in [2.45, 2.75) is 26.2 Å². The molecule has 30 heavy (non-hydrogen) atoms. The Morgan fingerprint density at radius 1 is 1.30 bits per heavy atom. The molecule has 1 amide bonds. The summed E-state index contributed by atoms with van der Waals surface area (Å²) >= 11 is 1.37. The Bertz CT molecular complexity index is 986. The highest BCUT2D eigenvalue weighted by molar-refractivity contribution is 7.17. The molecule has 1 aliphatic rings. The van der Waals surface area contributed by atoms with Crippen molar-refractivity contribution in [1.82, 2.24) is 0 Å². The molecule has 0 bridgehead atoms. The number of benzene rings is 1. The Morgan fingerprint density at radius 2 is 2.07 bits per heavy atom. The molecule has 1 aliphatic carbocycles. The normalized spacial score (nSPS) is 15.1. The minimum absolute atomic E-state index is 0.0781. The summed E-state index contributed by atoms with van der Waals surface area (Å²) in [6.45, 7) is 1.75. The minimum atomic E-state index is -0.563. The van der Waals surface area contributed by atoms with Crippen molar-refractivity contribution in [2.75, 3.05) is 26.1 Å². The average molecular weight is 434 g/mol. The van der Waals surface area contributed by atoms with E-state index in [1.54, 1.807) is 0 Å². The van der Waals surface area contributed by atoms with Crippen LogP contribution in [0.4, 0.5) is 10.7 Å². The number of nitrogens with one attached hydrogen (secondary N) is 1. The van der Waals surface area contributed by atoms with Gasteiger partial charge >= 0.3 is 5.97 Å². The molecule has 1 N–H and O–H groups in total. The molecule has 1 atom stereocenters.